The highest BCUT2D eigenvalue weighted by Crippen LogP contribution is 2.65. The number of nitrogens with zero attached hydrogens (tertiary/aromatic N) is 4. The number of amides is 1. The van der Waals surface area contributed by atoms with Crippen molar-refractivity contribution in [1.82, 2.24) is 25.1 Å². The lowest BCUT2D eigenvalue weighted by molar-refractivity contribution is -0.120. The van der Waals surface area contributed by atoms with Crippen molar-refractivity contribution in [1.29, 1.82) is 0 Å². The molecule has 0 radical (unpaired) electrons. The number of nitrogens with one attached hydrogen (secondary N) is 1. The summed E-state index contributed by atoms with van der Waals surface area (Å²) in [6.45, 7) is 7.08. The molecule has 0 aromatic carbocycles. The molecule has 2 bridgehead atoms. The van der Waals surface area contributed by atoms with E-state index in [0.717, 1.165) is 28.9 Å². The third kappa shape index (κ3) is 2.96. The van der Waals surface area contributed by atoms with Crippen LogP contribution in [0.1, 0.15) is 40.0 Å². The van der Waals surface area contributed by atoms with Gasteiger partial charge in [0.25, 0.3) is 0 Å². The second kappa shape index (κ2) is 6.62. The Kier molecular flexibility index (Phi) is 4.53. The van der Waals surface area contributed by atoms with Crippen molar-refractivity contribution >= 4 is 17.7 Å². The number of hydrogen-bond acceptors (Lipinski definition) is 5. The van der Waals surface area contributed by atoms with E-state index in [2.05, 4.69) is 41.3 Å². The van der Waals surface area contributed by atoms with Crippen molar-refractivity contribution in [3.63, 3.8) is 0 Å². The molecule has 2 aromatic heterocycles. The minimum absolute atomic E-state index is 0.0861. The standard InChI is InChI=1S/C20H27N5OS/c1-19(2)14-5-8-20(19,3)15(11-14)22-16(26)12-27-18-24-23-17(25(18)4)13-6-9-21-10-7-13/h6-7,9-10,14-15H,5,8,11-12H2,1-4H3,(H,22,26)/t14-,15-,20-/m1/s1. The summed E-state index contributed by atoms with van der Waals surface area (Å²) in [6.07, 6.45) is 7.09. The summed E-state index contributed by atoms with van der Waals surface area (Å²) in [5.41, 5.74) is 1.48. The molecule has 7 heteroatoms. The topological polar surface area (TPSA) is 72.7 Å². The van der Waals surface area contributed by atoms with Gasteiger partial charge in [-0.2, -0.15) is 0 Å². The number of pyridine rings is 1. The zero-order valence-electron chi connectivity index (χ0n) is 16.4. The van der Waals surface area contributed by atoms with Gasteiger partial charge in [0, 0.05) is 31.0 Å². The summed E-state index contributed by atoms with van der Waals surface area (Å²) in [7, 11) is 1.93. The third-order valence-corrected chi connectivity index (χ3v) is 8.26. The van der Waals surface area contributed by atoms with Crippen molar-refractivity contribution in [2.24, 2.45) is 23.8 Å². The van der Waals surface area contributed by atoms with E-state index in [1.165, 1.54) is 24.6 Å². The highest BCUT2D eigenvalue weighted by atomic mass is 32.2. The number of carbonyl (C=O) groups excluding carboxylic acids is 1. The van der Waals surface area contributed by atoms with Crippen LogP contribution in [0.25, 0.3) is 11.4 Å². The van der Waals surface area contributed by atoms with Crippen LogP contribution in [0.15, 0.2) is 29.7 Å². The smallest absolute Gasteiger partial charge is 0.230 e. The van der Waals surface area contributed by atoms with Crippen LogP contribution >= 0.6 is 11.8 Å². The molecule has 2 aliphatic carbocycles. The van der Waals surface area contributed by atoms with Crippen molar-refractivity contribution < 1.29 is 4.79 Å². The molecule has 6 nitrogen and oxygen atoms in total. The molecule has 1 amide bonds. The average molecular weight is 386 g/mol. The van der Waals surface area contributed by atoms with Gasteiger partial charge in [-0.05, 0) is 48.1 Å². The summed E-state index contributed by atoms with van der Waals surface area (Å²) in [4.78, 5) is 16.6. The minimum atomic E-state index is 0.0861. The van der Waals surface area contributed by atoms with Crippen LogP contribution in [0.4, 0.5) is 0 Å². The van der Waals surface area contributed by atoms with E-state index >= 15 is 0 Å². The van der Waals surface area contributed by atoms with Crippen LogP contribution in [-0.2, 0) is 11.8 Å². The third-order valence-electron chi connectivity index (χ3n) is 7.24. The van der Waals surface area contributed by atoms with Crippen molar-refractivity contribution in [2.45, 2.75) is 51.2 Å². The first-order chi connectivity index (χ1) is 12.8. The predicted molar refractivity (Wildman–Crippen MR) is 106 cm³/mol. The Hall–Kier alpha value is -1.89. The van der Waals surface area contributed by atoms with E-state index < -0.39 is 0 Å². The van der Waals surface area contributed by atoms with Crippen LogP contribution in [-0.4, -0.2) is 37.5 Å². The molecule has 2 aliphatic rings. The SMILES string of the molecule is Cn1c(SCC(=O)N[C@@H]2C[C@H]3CC[C@@]2(C)C3(C)C)nnc1-c1ccncc1. The van der Waals surface area contributed by atoms with Crippen LogP contribution in [0.5, 0.6) is 0 Å². The van der Waals surface area contributed by atoms with Gasteiger partial charge in [-0.3, -0.25) is 9.78 Å². The largest absolute Gasteiger partial charge is 0.352 e. The summed E-state index contributed by atoms with van der Waals surface area (Å²) in [5, 5.41) is 12.6. The average Bonchev–Trinajstić information content (AvgIpc) is 3.18. The molecule has 144 valence electrons. The second-order valence-electron chi connectivity index (χ2n) is 8.62. The van der Waals surface area contributed by atoms with Crippen LogP contribution < -0.4 is 5.32 Å². The van der Waals surface area contributed by atoms with E-state index in [1.807, 2.05) is 23.7 Å². The van der Waals surface area contributed by atoms with Crippen molar-refractivity contribution in [3.8, 4) is 11.4 Å². The van der Waals surface area contributed by atoms with E-state index in [4.69, 9.17) is 0 Å². The molecule has 2 heterocycles. The summed E-state index contributed by atoms with van der Waals surface area (Å²) >= 11 is 1.43. The van der Waals surface area contributed by atoms with Gasteiger partial charge in [-0.15, -0.1) is 10.2 Å². The lowest BCUT2D eigenvalue weighted by Gasteiger charge is -2.39. The Balaban J connectivity index is 1.38. The maximum Gasteiger partial charge on any atom is 0.230 e. The molecule has 2 fully saturated rings. The number of carbonyl (C=O) groups is 1. The minimum Gasteiger partial charge on any atom is -0.352 e. The van der Waals surface area contributed by atoms with E-state index in [0.29, 0.717) is 11.2 Å². The summed E-state index contributed by atoms with van der Waals surface area (Å²) in [5.74, 6) is 1.95. The molecule has 2 aromatic rings. The Morgan fingerprint density at radius 3 is 2.67 bits per heavy atom. The van der Waals surface area contributed by atoms with E-state index in [9.17, 15) is 4.79 Å². The Morgan fingerprint density at radius 1 is 1.30 bits per heavy atom. The van der Waals surface area contributed by atoms with Gasteiger partial charge in [-0.1, -0.05) is 32.5 Å². The first-order valence-corrected chi connectivity index (χ1v) is 10.5. The molecule has 0 spiro atoms. The normalized spacial score (nSPS) is 28.4. The molecule has 4 rings (SSSR count). The zero-order chi connectivity index (χ0) is 19.2. The maximum absolute atomic E-state index is 12.6. The van der Waals surface area contributed by atoms with Crippen LogP contribution in [0.2, 0.25) is 0 Å². The number of hydrogen-bond donors (Lipinski definition) is 1. The maximum atomic E-state index is 12.6. The van der Waals surface area contributed by atoms with Gasteiger partial charge in [0.1, 0.15) is 0 Å². The van der Waals surface area contributed by atoms with E-state index in [1.54, 1.807) is 12.4 Å². The van der Waals surface area contributed by atoms with Gasteiger partial charge < -0.3 is 9.88 Å². The van der Waals surface area contributed by atoms with Gasteiger partial charge in [0.05, 0.1) is 5.75 Å². The molecule has 1 N–H and O–H groups in total. The quantitative estimate of drug-likeness (QED) is 0.800. The van der Waals surface area contributed by atoms with Gasteiger partial charge in [-0.25, -0.2) is 0 Å². The number of thioether (sulfide) groups is 1. The Morgan fingerprint density at radius 2 is 2.04 bits per heavy atom. The Bertz CT molecular complexity index is 849. The molecule has 0 aliphatic heterocycles. The fraction of sp³-hybridized carbons (Fsp3) is 0.600. The number of rotatable bonds is 5. The molecule has 27 heavy (non-hydrogen) atoms. The molecular weight excluding hydrogens is 358 g/mol. The summed E-state index contributed by atoms with van der Waals surface area (Å²) < 4.78 is 1.93. The summed E-state index contributed by atoms with van der Waals surface area (Å²) in [6, 6.07) is 4.09. The zero-order valence-corrected chi connectivity index (χ0v) is 17.2. The van der Waals surface area contributed by atoms with Crippen molar-refractivity contribution in [3.05, 3.63) is 24.5 Å². The Labute approximate surface area is 164 Å². The fourth-order valence-corrected chi connectivity index (χ4v) is 5.70. The lowest BCUT2D eigenvalue weighted by atomic mass is 9.69. The van der Waals surface area contributed by atoms with Crippen molar-refractivity contribution in [2.75, 3.05) is 5.75 Å². The van der Waals surface area contributed by atoms with Gasteiger partial charge >= 0.3 is 0 Å². The lowest BCUT2D eigenvalue weighted by Crippen LogP contribution is -2.47. The fourth-order valence-electron chi connectivity index (χ4n) is 4.98. The monoisotopic (exact) mass is 385 g/mol. The molecular formula is C20H27N5OS. The van der Waals surface area contributed by atoms with Crippen LogP contribution in [0, 0.1) is 16.7 Å². The number of fused-ring (bicyclic) bond motifs is 2. The first kappa shape index (κ1) is 18.5. The molecule has 3 atom stereocenters. The van der Waals surface area contributed by atoms with E-state index in [-0.39, 0.29) is 17.4 Å². The van der Waals surface area contributed by atoms with Gasteiger partial charge in [0.15, 0.2) is 11.0 Å². The second-order valence-corrected chi connectivity index (χ2v) is 9.56. The highest BCUT2D eigenvalue weighted by molar-refractivity contribution is 7.99. The van der Waals surface area contributed by atoms with Crippen LogP contribution in [0.3, 0.4) is 0 Å². The predicted octanol–water partition coefficient (Wildman–Crippen LogP) is 3.30. The molecule has 2 saturated carbocycles. The first-order valence-electron chi connectivity index (χ1n) is 9.55. The van der Waals surface area contributed by atoms with Gasteiger partial charge in [0.2, 0.25) is 5.91 Å². The molecule has 0 saturated heterocycles. The highest BCUT2D eigenvalue weighted by Gasteiger charge is 2.61. The molecule has 0 unspecified atom stereocenters. The number of aromatic nitrogens is 4.